The highest BCUT2D eigenvalue weighted by Crippen LogP contribution is 2.38. The Kier molecular flexibility index (Phi) is 3.60. The smallest absolute Gasteiger partial charge is 0.0470 e. The maximum Gasteiger partial charge on any atom is 0.0470 e. The molecule has 2 N–H and O–H groups in total. The molecule has 0 aromatic heterocycles. The van der Waals surface area contributed by atoms with Gasteiger partial charge in [-0.25, -0.2) is 0 Å². The molecule has 0 fully saturated rings. The van der Waals surface area contributed by atoms with Crippen molar-refractivity contribution in [2.75, 3.05) is 20.1 Å². The number of hydrogen-bond donors (Lipinski definition) is 1. The fourth-order valence-corrected chi connectivity index (χ4v) is 3.33. The summed E-state index contributed by atoms with van der Waals surface area (Å²) in [5.74, 6) is 0.444. The van der Waals surface area contributed by atoms with Crippen LogP contribution in [0.15, 0.2) is 48.5 Å². The Bertz CT molecular complexity index is 592. The van der Waals surface area contributed by atoms with Crippen LogP contribution in [0.25, 0.3) is 0 Å². The largest absolute Gasteiger partial charge is 0.329 e. The number of benzene rings is 2. The number of aryl methyl sites for hydroxylation is 1. The molecule has 2 aromatic rings. The average molecular weight is 266 g/mol. The van der Waals surface area contributed by atoms with Crippen LogP contribution < -0.4 is 5.73 Å². The molecule has 20 heavy (non-hydrogen) atoms. The Morgan fingerprint density at radius 3 is 2.55 bits per heavy atom. The zero-order valence-corrected chi connectivity index (χ0v) is 12.2. The lowest BCUT2D eigenvalue weighted by molar-refractivity contribution is 0.223. The van der Waals surface area contributed by atoms with E-state index in [1.807, 2.05) is 0 Å². The molecular formula is C18H22N2. The molecule has 0 radical (unpaired) electrons. The third-order valence-electron chi connectivity index (χ3n) is 4.40. The zero-order chi connectivity index (χ0) is 14.1. The molecule has 2 atom stereocenters. The molecule has 0 amide bonds. The minimum absolute atomic E-state index is 0.338. The summed E-state index contributed by atoms with van der Waals surface area (Å²) in [6.07, 6.45) is 0. The van der Waals surface area contributed by atoms with Gasteiger partial charge in [-0.2, -0.15) is 0 Å². The van der Waals surface area contributed by atoms with Crippen LogP contribution in [0.5, 0.6) is 0 Å². The Balaban J connectivity index is 2.11. The van der Waals surface area contributed by atoms with E-state index < -0.39 is 0 Å². The number of rotatable bonds is 2. The lowest BCUT2D eigenvalue weighted by Crippen LogP contribution is -2.39. The summed E-state index contributed by atoms with van der Waals surface area (Å²) in [6, 6.07) is 17.9. The predicted octanol–water partition coefficient (Wildman–Crippen LogP) is 3.07. The Morgan fingerprint density at radius 1 is 1.10 bits per heavy atom. The topological polar surface area (TPSA) is 29.3 Å². The fraction of sp³-hybridized carbons (Fsp3) is 0.333. The van der Waals surface area contributed by atoms with Crippen molar-refractivity contribution in [3.8, 4) is 0 Å². The van der Waals surface area contributed by atoms with Gasteiger partial charge >= 0.3 is 0 Å². The van der Waals surface area contributed by atoms with Crippen molar-refractivity contribution >= 4 is 0 Å². The molecule has 0 aliphatic carbocycles. The molecular weight excluding hydrogens is 244 g/mol. The molecule has 3 rings (SSSR count). The highest BCUT2D eigenvalue weighted by Gasteiger charge is 2.30. The van der Waals surface area contributed by atoms with Crippen LogP contribution in [0.3, 0.4) is 0 Å². The van der Waals surface area contributed by atoms with E-state index in [-0.39, 0.29) is 0 Å². The summed E-state index contributed by atoms with van der Waals surface area (Å²) in [5.41, 5.74) is 11.5. The average Bonchev–Trinajstić information content (AvgIpc) is 2.47. The number of fused-ring (bicyclic) bond motifs is 1. The van der Waals surface area contributed by atoms with Gasteiger partial charge < -0.3 is 5.73 Å². The summed E-state index contributed by atoms with van der Waals surface area (Å²) in [6.45, 7) is 3.86. The van der Waals surface area contributed by atoms with E-state index in [0.29, 0.717) is 18.5 Å². The minimum Gasteiger partial charge on any atom is -0.329 e. The second kappa shape index (κ2) is 5.39. The first-order chi connectivity index (χ1) is 9.70. The Hall–Kier alpha value is -1.64. The molecule has 2 heteroatoms. The molecule has 2 aromatic carbocycles. The van der Waals surface area contributed by atoms with Crippen LogP contribution in [0.2, 0.25) is 0 Å². The van der Waals surface area contributed by atoms with E-state index in [0.717, 1.165) is 6.54 Å². The van der Waals surface area contributed by atoms with Gasteiger partial charge in [0, 0.05) is 25.0 Å². The van der Waals surface area contributed by atoms with Crippen LogP contribution in [0.4, 0.5) is 0 Å². The molecule has 0 spiro atoms. The van der Waals surface area contributed by atoms with Gasteiger partial charge in [0.15, 0.2) is 0 Å². The number of nitrogens with two attached hydrogens (primary N) is 1. The monoisotopic (exact) mass is 266 g/mol. The zero-order valence-electron chi connectivity index (χ0n) is 12.2. The summed E-state index contributed by atoms with van der Waals surface area (Å²) in [4.78, 5) is 2.39. The first kappa shape index (κ1) is 13.3. The molecule has 1 aliphatic heterocycles. The molecule has 1 aliphatic rings. The summed E-state index contributed by atoms with van der Waals surface area (Å²) < 4.78 is 0. The number of nitrogens with zero attached hydrogens (tertiary/aromatic N) is 1. The number of hydrogen-bond acceptors (Lipinski definition) is 2. The van der Waals surface area contributed by atoms with Gasteiger partial charge in [0.2, 0.25) is 0 Å². The second-order valence-corrected chi connectivity index (χ2v) is 5.79. The van der Waals surface area contributed by atoms with Crippen molar-refractivity contribution in [3.63, 3.8) is 0 Å². The maximum atomic E-state index is 6.00. The maximum absolute atomic E-state index is 6.00. The third-order valence-corrected chi connectivity index (χ3v) is 4.40. The van der Waals surface area contributed by atoms with E-state index in [1.165, 1.54) is 22.3 Å². The summed E-state index contributed by atoms with van der Waals surface area (Å²) in [5, 5.41) is 0. The lowest BCUT2D eigenvalue weighted by Gasteiger charge is -2.39. The first-order valence-corrected chi connectivity index (χ1v) is 7.26. The van der Waals surface area contributed by atoms with Crippen molar-refractivity contribution in [2.45, 2.75) is 18.9 Å². The quantitative estimate of drug-likeness (QED) is 0.905. The first-order valence-electron chi connectivity index (χ1n) is 7.26. The normalized spacial score (nSPS) is 22.6. The van der Waals surface area contributed by atoms with Gasteiger partial charge in [-0.1, -0.05) is 54.1 Å². The highest BCUT2D eigenvalue weighted by atomic mass is 15.1. The van der Waals surface area contributed by atoms with Crippen molar-refractivity contribution in [1.82, 2.24) is 4.90 Å². The van der Waals surface area contributed by atoms with E-state index in [2.05, 4.69) is 67.4 Å². The highest BCUT2D eigenvalue weighted by molar-refractivity contribution is 5.44. The van der Waals surface area contributed by atoms with Crippen LogP contribution in [0.1, 0.15) is 34.2 Å². The summed E-state index contributed by atoms with van der Waals surface area (Å²) >= 11 is 0. The van der Waals surface area contributed by atoms with Gasteiger partial charge in [-0.3, -0.25) is 4.90 Å². The second-order valence-electron chi connectivity index (χ2n) is 5.79. The van der Waals surface area contributed by atoms with Crippen LogP contribution >= 0.6 is 0 Å². The molecule has 2 unspecified atom stereocenters. The van der Waals surface area contributed by atoms with Crippen molar-refractivity contribution < 1.29 is 0 Å². The Labute approximate surface area is 121 Å². The predicted molar refractivity (Wildman–Crippen MR) is 83.9 cm³/mol. The van der Waals surface area contributed by atoms with Crippen molar-refractivity contribution in [1.29, 1.82) is 0 Å². The lowest BCUT2D eigenvalue weighted by atomic mass is 9.81. The molecule has 1 heterocycles. The SMILES string of the molecule is Cc1ccc2c(c1)C(CN)N(C)CC2c1ccccc1. The van der Waals surface area contributed by atoms with Gasteiger partial charge in [-0.15, -0.1) is 0 Å². The standard InChI is InChI=1S/C18H22N2/c1-13-8-9-15-16(10-13)18(11-19)20(2)12-17(15)14-6-4-3-5-7-14/h3-10,17-18H,11-12,19H2,1-2H3. The van der Waals surface area contributed by atoms with Gasteiger partial charge in [0.25, 0.3) is 0 Å². The summed E-state index contributed by atoms with van der Waals surface area (Å²) in [7, 11) is 2.18. The van der Waals surface area contributed by atoms with Crippen LogP contribution in [-0.2, 0) is 0 Å². The van der Waals surface area contributed by atoms with Crippen LogP contribution in [0, 0.1) is 6.92 Å². The molecule has 2 nitrogen and oxygen atoms in total. The third kappa shape index (κ3) is 2.26. The molecule has 104 valence electrons. The van der Waals surface area contributed by atoms with E-state index >= 15 is 0 Å². The minimum atomic E-state index is 0.338. The molecule has 0 saturated carbocycles. The fourth-order valence-electron chi connectivity index (χ4n) is 3.33. The van der Waals surface area contributed by atoms with E-state index in [4.69, 9.17) is 5.73 Å². The molecule has 0 saturated heterocycles. The van der Waals surface area contributed by atoms with E-state index in [9.17, 15) is 0 Å². The Morgan fingerprint density at radius 2 is 1.85 bits per heavy atom. The van der Waals surface area contributed by atoms with Gasteiger partial charge in [0.1, 0.15) is 0 Å². The van der Waals surface area contributed by atoms with E-state index in [1.54, 1.807) is 0 Å². The molecule has 0 bridgehead atoms. The number of likely N-dealkylation sites (N-methyl/N-ethyl adjacent to an activating group) is 1. The van der Waals surface area contributed by atoms with Crippen molar-refractivity contribution in [2.24, 2.45) is 5.73 Å². The van der Waals surface area contributed by atoms with Gasteiger partial charge in [0.05, 0.1) is 0 Å². The van der Waals surface area contributed by atoms with Gasteiger partial charge in [-0.05, 0) is 30.7 Å². The van der Waals surface area contributed by atoms with Crippen molar-refractivity contribution in [3.05, 3.63) is 70.8 Å². The van der Waals surface area contributed by atoms with Crippen LogP contribution in [-0.4, -0.2) is 25.0 Å².